The molecule has 0 fully saturated rings. The number of aromatic nitrogens is 3. The summed E-state index contributed by atoms with van der Waals surface area (Å²) in [5.41, 5.74) is 2.12. The molecular weight excluding hydrogens is 224 g/mol. The van der Waals surface area contributed by atoms with Gasteiger partial charge >= 0.3 is 0 Å². The molecule has 2 aromatic rings. The first-order valence-electron chi connectivity index (χ1n) is 5.61. The molecule has 0 aliphatic rings. The first-order chi connectivity index (χ1) is 7.99. The molecule has 0 saturated carbocycles. The van der Waals surface area contributed by atoms with Crippen LogP contribution in [0.5, 0.6) is 0 Å². The molecule has 0 atom stereocenters. The highest BCUT2D eigenvalue weighted by atomic mass is 19.3. The van der Waals surface area contributed by atoms with Gasteiger partial charge in [-0.3, -0.25) is 0 Å². The van der Waals surface area contributed by atoms with E-state index in [1.165, 1.54) is 4.57 Å². The Hall–Kier alpha value is -1.52. The number of rotatable bonds is 3. The van der Waals surface area contributed by atoms with Crippen LogP contribution >= 0.6 is 0 Å². The lowest BCUT2D eigenvalue weighted by Gasteiger charge is -2.07. The number of aryl methyl sites for hydroxylation is 1. The summed E-state index contributed by atoms with van der Waals surface area (Å²) < 4.78 is 26.5. The molecule has 3 nitrogen and oxygen atoms in total. The van der Waals surface area contributed by atoms with Gasteiger partial charge in [0.05, 0.1) is 6.54 Å². The molecule has 17 heavy (non-hydrogen) atoms. The van der Waals surface area contributed by atoms with Crippen molar-refractivity contribution in [1.82, 2.24) is 14.5 Å². The van der Waals surface area contributed by atoms with Gasteiger partial charge in [-0.1, -0.05) is 13.8 Å². The summed E-state index contributed by atoms with van der Waals surface area (Å²) in [6, 6.07) is 3.73. The molecule has 0 aliphatic heterocycles. The van der Waals surface area contributed by atoms with Crippen LogP contribution in [0.1, 0.15) is 31.3 Å². The molecule has 0 aromatic carbocycles. The van der Waals surface area contributed by atoms with E-state index >= 15 is 0 Å². The van der Waals surface area contributed by atoms with Crippen molar-refractivity contribution in [1.29, 1.82) is 0 Å². The number of imidazole rings is 1. The molecule has 0 saturated heterocycles. The van der Waals surface area contributed by atoms with Crippen molar-refractivity contribution < 1.29 is 8.78 Å². The smallest absolute Gasteiger partial charge is 0.256 e. The van der Waals surface area contributed by atoms with Gasteiger partial charge in [0.1, 0.15) is 11.3 Å². The van der Waals surface area contributed by atoms with Crippen molar-refractivity contribution in [3.05, 3.63) is 23.7 Å². The normalized spacial score (nSPS) is 11.9. The lowest BCUT2D eigenvalue weighted by atomic mass is 10.1. The Kier molecular flexibility index (Phi) is 3.09. The van der Waals surface area contributed by atoms with Crippen molar-refractivity contribution in [2.75, 3.05) is 0 Å². The van der Waals surface area contributed by atoms with Gasteiger partial charge < -0.3 is 4.57 Å². The molecule has 2 heterocycles. The van der Waals surface area contributed by atoms with Crippen LogP contribution in [0, 0.1) is 6.92 Å². The van der Waals surface area contributed by atoms with Crippen LogP contribution in [0.15, 0.2) is 12.1 Å². The molecule has 0 aliphatic carbocycles. The summed E-state index contributed by atoms with van der Waals surface area (Å²) in [6.07, 6.45) is -2.39. The fourth-order valence-corrected chi connectivity index (χ4v) is 1.81. The van der Waals surface area contributed by atoms with Gasteiger partial charge in [0, 0.05) is 5.69 Å². The van der Waals surface area contributed by atoms with Crippen LogP contribution in [0.25, 0.3) is 11.2 Å². The van der Waals surface area contributed by atoms with E-state index in [-0.39, 0.29) is 12.5 Å². The third-order valence-corrected chi connectivity index (χ3v) is 2.72. The van der Waals surface area contributed by atoms with E-state index in [2.05, 4.69) is 9.97 Å². The van der Waals surface area contributed by atoms with Crippen LogP contribution in [-0.4, -0.2) is 21.0 Å². The van der Waals surface area contributed by atoms with E-state index in [1.807, 2.05) is 26.0 Å². The zero-order chi connectivity index (χ0) is 12.6. The summed E-state index contributed by atoms with van der Waals surface area (Å²) in [6.45, 7) is 5.42. The number of alkyl halides is 2. The van der Waals surface area contributed by atoms with Gasteiger partial charge in [-0.15, -0.1) is 0 Å². The first kappa shape index (κ1) is 12.0. The lowest BCUT2D eigenvalue weighted by Crippen LogP contribution is -2.09. The van der Waals surface area contributed by atoms with Crippen molar-refractivity contribution in [2.24, 2.45) is 0 Å². The fraction of sp³-hybridized carbons (Fsp3) is 0.500. The van der Waals surface area contributed by atoms with Crippen molar-refractivity contribution in [3.63, 3.8) is 0 Å². The van der Waals surface area contributed by atoms with Crippen molar-refractivity contribution in [2.45, 2.75) is 39.7 Å². The standard InChI is InChI=1S/C12H15F2N3/c1-7(2)9-4-5-10-12(16-9)17(6-11(13)14)8(3)15-10/h4-5,7,11H,6H2,1-3H3. The number of halogens is 2. The average molecular weight is 239 g/mol. The van der Waals surface area contributed by atoms with E-state index < -0.39 is 6.43 Å². The van der Waals surface area contributed by atoms with Crippen LogP contribution in [0.2, 0.25) is 0 Å². The maximum absolute atomic E-state index is 12.5. The Morgan fingerprint density at radius 3 is 2.53 bits per heavy atom. The van der Waals surface area contributed by atoms with Gasteiger partial charge in [0.15, 0.2) is 5.65 Å². The van der Waals surface area contributed by atoms with E-state index in [0.717, 1.165) is 5.69 Å². The second kappa shape index (κ2) is 4.39. The summed E-state index contributed by atoms with van der Waals surface area (Å²) in [5.74, 6) is 0.850. The number of pyridine rings is 1. The topological polar surface area (TPSA) is 30.7 Å². The number of nitrogens with zero attached hydrogens (tertiary/aromatic N) is 3. The van der Waals surface area contributed by atoms with Crippen molar-refractivity contribution >= 4 is 11.2 Å². The Balaban J connectivity index is 2.56. The number of hydrogen-bond donors (Lipinski definition) is 0. The Morgan fingerprint density at radius 2 is 1.94 bits per heavy atom. The monoisotopic (exact) mass is 239 g/mol. The van der Waals surface area contributed by atoms with Crippen LogP contribution in [0.3, 0.4) is 0 Å². The van der Waals surface area contributed by atoms with Crippen LogP contribution < -0.4 is 0 Å². The second-order valence-corrected chi connectivity index (χ2v) is 4.39. The third-order valence-electron chi connectivity index (χ3n) is 2.72. The summed E-state index contributed by atoms with van der Waals surface area (Å²) in [4.78, 5) is 8.65. The molecule has 0 bridgehead atoms. The van der Waals surface area contributed by atoms with Gasteiger partial charge in [-0.25, -0.2) is 18.7 Å². The maximum Gasteiger partial charge on any atom is 0.256 e. The minimum absolute atomic E-state index is 0.273. The van der Waals surface area contributed by atoms with E-state index in [4.69, 9.17) is 0 Å². The predicted octanol–water partition coefficient (Wildman–Crippen LogP) is 3.13. The molecule has 0 radical (unpaired) electrons. The molecule has 0 N–H and O–H groups in total. The first-order valence-corrected chi connectivity index (χ1v) is 5.61. The van der Waals surface area contributed by atoms with Gasteiger partial charge in [-0.2, -0.15) is 0 Å². The highest BCUT2D eigenvalue weighted by molar-refractivity contribution is 5.71. The summed E-state index contributed by atoms with van der Waals surface area (Å²) in [7, 11) is 0. The third kappa shape index (κ3) is 2.28. The Labute approximate surface area is 98.5 Å². The zero-order valence-corrected chi connectivity index (χ0v) is 10.1. The highest BCUT2D eigenvalue weighted by Gasteiger charge is 2.14. The lowest BCUT2D eigenvalue weighted by molar-refractivity contribution is 0.127. The van der Waals surface area contributed by atoms with E-state index in [0.29, 0.717) is 17.0 Å². The zero-order valence-electron chi connectivity index (χ0n) is 10.1. The quantitative estimate of drug-likeness (QED) is 0.823. The predicted molar refractivity (Wildman–Crippen MR) is 62.4 cm³/mol. The fourth-order valence-electron chi connectivity index (χ4n) is 1.81. The minimum atomic E-state index is -2.39. The highest BCUT2D eigenvalue weighted by Crippen LogP contribution is 2.19. The molecule has 5 heteroatoms. The van der Waals surface area contributed by atoms with E-state index in [9.17, 15) is 8.78 Å². The molecule has 92 valence electrons. The van der Waals surface area contributed by atoms with Crippen LogP contribution in [-0.2, 0) is 6.54 Å². The molecule has 0 amide bonds. The maximum atomic E-state index is 12.5. The average Bonchev–Trinajstić information content (AvgIpc) is 2.54. The molecular formula is C12H15F2N3. The number of fused-ring (bicyclic) bond motifs is 1. The van der Waals surface area contributed by atoms with Crippen LogP contribution in [0.4, 0.5) is 8.78 Å². The Bertz CT molecular complexity index is 532. The van der Waals surface area contributed by atoms with E-state index in [1.54, 1.807) is 6.92 Å². The van der Waals surface area contributed by atoms with Gasteiger partial charge in [0.2, 0.25) is 0 Å². The molecule has 2 rings (SSSR count). The van der Waals surface area contributed by atoms with Gasteiger partial charge in [0.25, 0.3) is 6.43 Å². The van der Waals surface area contributed by atoms with Crippen molar-refractivity contribution in [3.8, 4) is 0 Å². The largest absolute Gasteiger partial charge is 0.307 e. The summed E-state index contributed by atoms with van der Waals surface area (Å²) >= 11 is 0. The molecule has 0 spiro atoms. The molecule has 2 aromatic heterocycles. The minimum Gasteiger partial charge on any atom is -0.307 e. The molecule has 0 unspecified atom stereocenters. The second-order valence-electron chi connectivity index (χ2n) is 4.39. The Morgan fingerprint density at radius 1 is 1.24 bits per heavy atom. The SMILES string of the molecule is Cc1nc2ccc(C(C)C)nc2n1CC(F)F. The summed E-state index contributed by atoms with van der Waals surface area (Å²) in [5, 5.41) is 0. The van der Waals surface area contributed by atoms with Gasteiger partial charge in [-0.05, 0) is 25.0 Å². The number of hydrogen-bond acceptors (Lipinski definition) is 2.